The minimum absolute atomic E-state index is 0.922. The maximum absolute atomic E-state index is 2.61. The molecule has 1 rings (SSSR count). The summed E-state index contributed by atoms with van der Waals surface area (Å²) < 4.78 is 0. The first-order valence-corrected chi connectivity index (χ1v) is 7.98. The Balaban J connectivity index is 0.00000121. The first kappa shape index (κ1) is 17.0. The van der Waals surface area contributed by atoms with Gasteiger partial charge in [0.05, 0.1) is 0 Å². The van der Waals surface area contributed by atoms with E-state index in [4.69, 9.17) is 0 Å². The van der Waals surface area contributed by atoms with Crippen LogP contribution in [0.3, 0.4) is 0 Å². The summed E-state index contributed by atoms with van der Waals surface area (Å²) in [4.78, 5) is 2.61. The summed E-state index contributed by atoms with van der Waals surface area (Å²) in [5, 5.41) is 0. The van der Waals surface area contributed by atoms with Crippen LogP contribution in [0.1, 0.15) is 79.1 Å². The van der Waals surface area contributed by atoms with Crippen molar-refractivity contribution in [3.8, 4) is 0 Å². The Morgan fingerprint density at radius 3 is 2.18 bits per heavy atom. The van der Waals surface area contributed by atoms with Crippen molar-refractivity contribution < 1.29 is 0 Å². The maximum atomic E-state index is 2.61. The van der Waals surface area contributed by atoms with Gasteiger partial charge >= 0.3 is 0 Å². The minimum Gasteiger partial charge on any atom is -0.303 e. The van der Waals surface area contributed by atoms with Crippen LogP contribution in [-0.4, -0.2) is 24.5 Å². The predicted octanol–water partition coefficient (Wildman–Crippen LogP) is 5.10. The third-order valence-electron chi connectivity index (χ3n) is 4.04. The van der Waals surface area contributed by atoms with Crippen LogP contribution in [0.15, 0.2) is 0 Å². The van der Waals surface area contributed by atoms with Crippen LogP contribution in [0.4, 0.5) is 0 Å². The van der Waals surface area contributed by atoms with Gasteiger partial charge in [0.1, 0.15) is 0 Å². The molecule has 1 fully saturated rings. The first-order valence-electron chi connectivity index (χ1n) is 7.98. The lowest BCUT2D eigenvalue weighted by molar-refractivity contribution is 0.133. The van der Waals surface area contributed by atoms with E-state index in [1.807, 2.05) is 13.8 Å². The summed E-state index contributed by atoms with van der Waals surface area (Å²) in [5.74, 6) is 0.946. The van der Waals surface area contributed by atoms with Crippen LogP contribution >= 0.6 is 0 Å². The van der Waals surface area contributed by atoms with Gasteiger partial charge in [-0.25, -0.2) is 0 Å². The van der Waals surface area contributed by atoms with Crippen molar-refractivity contribution in [2.75, 3.05) is 13.6 Å². The summed E-state index contributed by atoms with van der Waals surface area (Å²) in [7, 11) is 2.33. The van der Waals surface area contributed by atoms with Crippen molar-refractivity contribution in [3.63, 3.8) is 0 Å². The normalized spacial score (nSPS) is 17.3. The molecule has 0 aromatic rings. The lowest BCUT2D eigenvalue weighted by Gasteiger charge is -2.36. The van der Waals surface area contributed by atoms with Crippen LogP contribution in [0.5, 0.6) is 0 Å². The molecule has 1 unspecified atom stereocenters. The van der Waals surface area contributed by atoms with E-state index in [1.165, 1.54) is 57.9 Å². The highest BCUT2D eigenvalue weighted by atomic mass is 15.1. The second kappa shape index (κ2) is 11.1. The summed E-state index contributed by atoms with van der Waals surface area (Å²) in [6.45, 7) is 9.98. The van der Waals surface area contributed by atoms with Crippen LogP contribution in [0.2, 0.25) is 0 Å². The molecular weight excluding hydrogens is 206 g/mol. The first-order chi connectivity index (χ1) is 8.27. The highest BCUT2D eigenvalue weighted by Gasteiger charge is 2.23. The van der Waals surface area contributed by atoms with Gasteiger partial charge in [-0.3, -0.25) is 0 Å². The number of nitrogens with zero attached hydrogens (tertiary/aromatic N) is 1. The topological polar surface area (TPSA) is 3.24 Å². The zero-order chi connectivity index (χ0) is 13.1. The molecule has 0 heterocycles. The van der Waals surface area contributed by atoms with Gasteiger partial charge in [-0.1, -0.05) is 59.8 Å². The van der Waals surface area contributed by atoms with E-state index in [9.17, 15) is 0 Å². The van der Waals surface area contributed by atoms with Gasteiger partial charge in [-0.15, -0.1) is 0 Å². The highest BCUT2D eigenvalue weighted by molar-refractivity contribution is 4.79. The minimum atomic E-state index is 0.922. The molecule has 0 radical (unpaired) electrons. The van der Waals surface area contributed by atoms with E-state index in [1.54, 1.807) is 0 Å². The largest absolute Gasteiger partial charge is 0.303 e. The molecule has 0 bridgehead atoms. The van der Waals surface area contributed by atoms with E-state index >= 15 is 0 Å². The Labute approximate surface area is 110 Å². The summed E-state index contributed by atoms with van der Waals surface area (Å²) in [6.07, 6.45) is 11.4. The number of rotatable bonds is 8. The molecule has 1 aliphatic rings. The van der Waals surface area contributed by atoms with Gasteiger partial charge in [0.2, 0.25) is 0 Å². The molecule has 1 saturated carbocycles. The fraction of sp³-hybridized carbons (Fsp3) is 1.00. The quantitative estimate of drug-likeness (QED) is 0.534. The van der Waals surface area contributed by atoms with Gasteiger partial charge in [0.15, 0.2) is 0 Å². The molecule has 0 aromatic carbocycles. The third kappa shape index (κ3) is 7.08. The zero-order valence-electron chi connectivity index (χ0n) is 13.0. The van der Waals surface area contributed by atoms with Crippen molar-refractivity contribution >= 4 is 0 Å². The molecule has 1 heteroatoms. The zero-order valence-corrected chi connectivity index (χ0v) is 13.0. The van der Waals surface area contributed by atoms with Crippen molar-refractivity contribution in [2.45, 2.75) is 85.1 Å². The molecule has 0 amide bonds. The van der Waals surface area contributed by atoms with Crippen LogP contribution in [-0.2, 0) is 0 Å². The van der Waals surface area contributed by atoms with Gasteiger partial charge in [0, 0.05) is 12.6 Å². The van der Waals surface area contributed by atoms with E-state index < -0.39 is 0 Å². The lowest BCUT2D eigenvalue weighted by atomic mass is 9.90. The van der Waals surface area contributed by atoms with Gasteiger partial charge in [0.25, 0.3) is 0 Å². The van der Waals surface area contributed by atoms with E-state index in [-0.39, 0.29) is 0 Å². The molecule has 0 N–H and O–H groups in total. The molecule has 0 aromatic heterocycles. The van der Waals surface area contributed by atoms with Crippen LogP contribution in [0.25, 0.3) is 0 Å². The van der Waals surface area contributed by atoms with Crippen molar-refractivity contribution in [1.82, 2.24) is 4.90 Å². The molecule has 104 valence electrons. The van der Waals surface area contributed by atoms with Crippen LogP contribution < -0.4 is 0 Å². The summed E-state index contributed by atoms with van der Waals surface area (Å²) >= 11 is 0. The lowest BCUT2D eigenvalue weighted by Crippen LogP contribution is -2.39. The van der Waals surface area contributed by atoms with E-state index in [0.717, 1.165) is 12.0 Å². The SMILES string of the molecule is CC.CCCCCC(CC)CN(C)C1CCC1. The molecule has 0 saturated heterocycles. The van der Waals surface area contributed by atoms with Crippen LogP contribution in [0, 0.1) is 5.92 Å². The molecular formula is C16H35N. The van der Waals surface area contributed by atoms with E-state index in [0.29, 0.717) is 0 Å². The van der Waals surface area contributed by atoms with Gasteiger partial charge < -0.3 is 4.90 Å². The average molecular weight is 241 g/mol. The molecule has 0 aliphatic heterocycles. The van der Waals surface area contributed by atoms with Gasteiger partial charge in [-0.2, -0.15) is 0 Å². The summed E-state index contributed by atoms with van der Waals surface area (Å²) in [5.41, 5.74) is 0. The number of hydrogen-bond acceptors (Lipinski definition) is 1. The molecule has 0 spiro atoms. The highest BCUT2D eigenvalue weighted by Crippen LogP contribution is 2.25. The second-order valence-corrected chi connectivity index (χ2v) is 5.29. The number of unbranched alkanes of at least 4 members (excludes halogenated alkanes) is 2. The molecule has 17 heavy (non-hydrogen) atoms. The second-order valence-electron chi connectivity index (χ2n) is 5.29. The van der Waals surface area contributed by atoms with Crippen molar-refractivity contribution in [2.24, 2.45) is 5.92 Å². The van der Waals surface area contributed by atoms with Gasteiger partial charge in [-0.05, 0) is 32.2 Å². The Morgan fingerprint density at radius 1 is 1.12 bits per heavy atom. The molecule has 1 nitrogen and oxygen atoms in total. The molecule has 1 aliphatic carbocycles. The fourth-order valence-electron chi connectivity index (χ4n) is 2.49. The van der Waals surface area contributed by atoms with Crippen molar-refractivity contribution in [3.05, 3.63) is 0 Å². The maximum Gasteiger partial charge on any atom is 0.00923 e. The Bertz CT molecular complexity index is 152. The Kier molecular flexibility index (Phi) is 11.0. The number of hydrogen-bond donors (Lipinski definition) is 0. The standard InChI is InChI=1S/C14H29N.C2H6/c1-4-6-7-9-13(5-2)12-15(3)14-10-8-11-14;1-2/h13-14H,4-12H2,1-3H3;1-2H3. The molecule has 1 atom stereocenters. The third-order valence-corrected chi connectivity index (χ3v) is 4.04. The predicted molar refractivity (Wildman–Crippen MR) is 79.5 cm³/mol. The summed E-state index contributed by atoms with van der Waals surface area (Å²) in [6, 6.07) is 0.922. The monoisotopic (exact) mass is 241 g/mol. The van der Waals surface area contributed by atoms with E-state index in [2.05, 4.69) is 25.8 Å². The average Bonchev–Trinajstić information content (AvgIpc) is 2.28. The Hall–Kier alpha value is -0.0400. The Morgan fingerprint density at radius 2 is 1.76 bits per heavy atom. The smallest absolute Gasteiger partial charge is 0.00923 e. The fourth-order valence-corrected chi connectivity index (χ4v) is 2.49. The van der Waals surface area contributed by atoms with Crippen molar-refractivity contribution in [1.29, 1.82) is 0 Å².